The predicted molar refractivity (Wildman–Crippen MR) is 79.7 cm³/mol. The summed E-state index contributed by atoms with van der Waals surface area (Å²) in [4.78, 5) is 6.71. The highest BCUT2D eigenvalue weighted by Gasteiger charge is 2.28. The van der Waals surface area contributed by atoms with Crippen molar-refractivity contribution in [3.8, 4) is 5.75 Å². The summed E-state index contributed by atoms with van der Waals surface area (Å²) >= 11 is 6.17. The van der Waals surface area contributed by atoms with Gasteiger partial charge in [-0.05, 0) is 37.6 Å². The van der Waals surface area contributed by atoms with E-state index in [0.717, 1.165) is 31.9 Å². The molecule has 0 saturated carbocycles. The monoisotopic (exact) mass is 307 g/mol. The van der Waals surface area contributed by atoms with Crippen LogP contribution >= 0.6 is 11.6 Å². The molecule has 6 heteroatoms. The molecule has 1 saturated heterocycles. The minimum absolute atomic E-state index is 0.333. The van der Waals surface area contributed by atoms with Gasteiger partial charge in [0.1, 0.15) is 5.75 Å². The van der Waals surface area contributed by atoms with Gasteiger partial charge < -0.3 is 9.26 Å². The summed E-state index contributed by atoms with van der Waals surface area (Å²) in [6, 6.07) is 5.92. The van der Waals surface area contributed by atoms with E-state index in [2.05, 4.69) is 21.1 Å². The van der Waals surface area contributed by atoms with Crippen molar-refractivity contribution in [3.05, 3.63) is 40.5 Å². The second-order valence-corrected chi connectivity index (χ2v) is 5.78. The van der Waals surface area contributed by atoms with Crippen molar-refractivity contribution in [2.24, 2.45) is 0 Å². The summed E-state index contributed by atoms with van der Waals surface area (Å²) in [5.41, 5.74) is 1.18. The summed E-state index contributed by atoms with van der Waals surface area (Å²) in [5, 5.41) is 4.52. The Balaban J connectivity index is 1.63. The third-order valence-electron chi connectivity index (χ3n) is 3.79. The average molecular weight is 308 g/mol. The maximum absolute atomic E-state index is 6.17. The van der Waals surface area contributed by atoms with E-state index in [1.54, 1.807) is 7.11 Å². The van der Waals surface area contributed by atoms with Gasteiger partial charge in [0.2, 0.25) is 5.89 Å². The Morgan fingerprint density at radius 1 is 1.48 bits per heavy atom. The zero-order valence-electron chi connectivity index (χ0n) is 12.2. The number of likely N-dealkylation sites (tertiary alicyclic amines) is 1. The number of nitrogens with zero attached hydrogens (tertiary/aromatic N) is 3. The first-order valence-electron chi connectivity index (χ1n) is 7.00. The first kappa shape index (κ1) is 14.4. The van der Waals surface area contributed by atoms with Gasteiger partial charge >= 0.3 is 0 Å². The first-order valence-corrected chi connectivity index (χ1v) is 7.38. The third kappa shape index (κ3) is 3.19. The molecule has 1 aliphatic heterocycles. The molecule has 2 heterocycles. The van der Waals surface area contributed by atoms with E-state index in [1.165, 1.54) is 5.56 Å². The van der Waals surface area contributed by atoms with Crippen LogP contribution in [0.3, 0.4) is 0 Å². The molecule has 0 bridgehead atoms. The van der Waals surface area contributed by atoms with Gasteiger partial charge in [-0.25, -0.2) is 0 Å². The summed E-state index contributed by atoms with van der Waals surface area (Å²) < 4.78 is 10.4. The van der Waals surface area contributed by atoms with Gasteiger partial charge in [0.05, 0.1) is 18.1 Å². The van der Waals surface area contributed by atoms with Crippen molar-refractivity contribution in [1.29, 1.82) is 0 Å². The van der Waals surface area contributed by atoms with Crippen molar-refractivity contribution in [3.63, 3.8) is 0 Å². The molecular formula is C15H18ClN3O2. The quantitative estimate of drug-likeness (QED) is 0.869. The second kappa shape index (κ2) is 6.03. The lowest BCUT2D eigenvalue weighted by molar-refractivity contribution is 0.308. The topological polar surface area (TPSA) is 51.4 Å². The highest BCUT2D eigenvalue weighted by molar-refractivity contribution is 6.32. The van der Waals surface area contributed by atoms with E-state index in [1.807, 2.05) is 19.1 Å². The maximum atomic E-state index is 6.17. The van der Waals surface area contributed by atoms with Crippen LogP contribution in [0, 0.1) is 6.92 Å². The first-order chi connectivity index (χ1) is 10.2. The fourth-order valence-corrected chi connectivity index (χ4v) is 3.00. The second-order valence-electron chi connectivity index (χ2n) is 5.37. The minimum atomic E-state index is 0.333. The van der Waals surface area contributed by atoms with Crippen LogP contribution in [0.5, 0.6) is 5.75 Å². The Hall–Kier alpha value is -1.59. The molecule has 1 aromatic carbocycles. The molecule has 1 aromatic heterocycles. The van der Waals surface area contributed by atoms with Crippen LogP contribution in [0.4, 0.5) is 0 Å². The Labute approximate surface area is 128 Å². The highest BCUT2D eigenvalue weighted by Crippen LogP contribution is 2.29. The molecule has 1 unspecified atom stereocenters. The minimum Gasteiger partial charge on any atom is -0.495 e. The van der Waals surface area contributed by atoms with Gasteiger partial charge in [-0.2, -0.15) is 4.98 Å². The fraction of sp³-hybridized carbons (Fsp3) is 0.467. The van der Waals surface area contributed by atoms with Crippen molar-refractivity contribution in [1.82, 2.24) is 15.0 Å². The molecule has 0 N–H and O–H groups in total. The number of methoxy groups -OCH3 is 1. The number of rotatable bonds is 4. The van der Waals surface area contributed by atoms with Crippen LogP contribution in [-0.4, -0.2) is 35.2 Å². The third-order valence-corrected chi connectivity index (χ3v) is 4.08. The van der Waals surface area contributed by atoms with Gasteiger partial charge in [0.25, 0.3) is 0 Å². The molecular weight excluding hydrogens is 290 g/mol. The molecule has 112 valence electrons. The Morgan fingerprint density at radius 3 is 3.00 bits per heavy atom. The van der Waals surface area contributed by atoms with Crippen LogP contribution in [0.15, 0.2) is 22.7 Å². The summed E-state index contributed by atoms with van der Waals surface area (Å²) in [7, 11) is 1.62. The van der Waals surface area contributed by atoms with E-state index in [0.29, 0.717) is 22.5 Å². The zero-order chi connectivity index (χ0) is 14.8. The lowest BCUT2D eigenvalue weighted by Crippen LogP contribution is -2.19. The summed E-state index contributed by atoms with van der Waals surface area (Å²) in [6.45, 7) is 4.67. The molecule has 1 fully saturated rings. The van der Waals surface area contributed by atoms with Crippen LogP contribution in [0.1, 0.15) is 29.6 Å². The molecule has 5 nitrogen and oxygen atoms in total. The number of hydrogen-bond donors (Lipinski definition) is 0. The van der Waals surface area contributed by atoms with Gasteiger partial charge in [-0.1, -0.05) is 22.8 Å². The highest BCUT2D eigenvalue weighted by atomic mass is 35.5. The summed E-state index contributed by atoms with van der Waals surface area (Å²) in [5.74, 6) is 2.49. The van der Waals surface area contributed by atoms with Crippen molar-refractivity contribution in [2.75, 3.05) is 20.2 Å². The largest absolute Gasteiger partial charge is 0.495 e. The van der Waals surface area contributed by atoms with Gasteiger partial charge in [0.15, 0.2) is 5.82 Å². The maximum Gasteiger partial charge on any atom is 0.231 e. The molecule has 0 aliphatic carbocycles. The molecule has 2 aromatic rings. The van der Waals surface area contributed by atoms with E-state index in [9.17, 15) is 0 Å². The summed E-state index contributed by atoms with van der Waals surface area (Å²) in [6.07, 6.45) is 1.05. The molecule has 3 rings (SSSR count). The SMILES string of the molecule is COc1ccc(CN2CCC(c3nc(C)no3)C2)cc1Cl. The van der Waals surface area contributed by atoms with E-state index in [4.69, 9.17) is 20.9 Å². The smallest absolute Gasteiger partial charge is 0.231 e. The molecule has 21 heavy (non-hydrogen) atoms. The zero-order valence-corrected chi connectivity index (χ0v) is 12.9. The Bertz CT molecular complexity index is 629. The van der Waals surface area contributed by atoms with E-state index < -0.39 is 0 Å². The molecule has 1 atom stereocenters. The van der Waals surface area contributed by atoms with Gasteiger partial charge in [-0.15, -0.1) is 0 Å². The Kier molecular flexibility index (Phi) is 4.12. The number of aromatic nitrogens is 2. The number of aryl methyl sites for hydroxylation is 1. The van der Waals surface area contributed by atoms with Crippen LogP contribution in [0.2, 0.25) is 5.02 Å². The molecule has 0 spiro atoms. The number of ether oxygens (including phenoxy) is 1. The normalized spacial score (nSPS) is 19.1. The molecule has 0 radical (unpaired) electrons. The van der Waals surface area contributed by atoms with Crippen LogP contribution in [0.25, 0.3) is 0 Å². The fourth-order valence-electron chi connectivity index (χ4n) is 2.72. The van der Waals surface area contributed by atoms with E-state index in [-0.39, 0.29) is 0 Å². The lowest BCUT2D eigenvalue weighted by atomic mass is 10.1. The van der Waals surface area contributed by atoms with Crippen LogP contribution < -0.4 is 4.74 Å². The number of hydrogen-bond acceptors (Lipinski definition) is 5. The molecule has 0 amide bonds. The number of benzene rings is 1. The van der Waals surface area contributed by atoms with Crippen molar-refractivity contribution >= 4 is 11.6 Å². The standard InChI is InChI=1S/C15H18ClN3O2/c1-10-17-15(21-18-10)12-5-6-19(9-12)8-11-3-4-14(20-2)13(16)7-11/h3-4,7,12H,5-6,8-9H2,1-2H3. The van der Waals surface area contributed by atoms with Gasteiger partial charge in [0, 0.05) is 13.1 Å². The van der Waals surface area contributed by atoms with Gasteiger partial charge in [-0.3, -0.25) is 4.90 Å². The van der Waals surface area contributed by atoms with Crippen LogP contribution in [-0.2, 0) is 6.54 Å². The molecule has 1 aliphatic rings. The predicted octanol–water partition coefficient (Wildman–Crippen LogP) is 3.03. The van der Waals surface area contributed by atoms with Crippen molar-refractivity contribution < 1.29 is 9.26 Å². The average Bonchev–Trinajstić information content (AvgIpc) is 3.08. The Morgan fingerprint density at radius 2 is 2.33 bits per heavy atom. The number of halogens is 1. The van der Waals surface area contributed by atoms with Crippen molar-refractivity contribution in [2.45, 2.75) is 25.8 Å². The lowest BCUT2D eigenvalue weighted by Gasteiger charge is -2.16. The van der Waals surface area contributed by atoms with E-state index >= 15 is 0 Å².